The Hall–Kier alpha value is -2.90. The molecular weight excluding hydrogens is 350 g/mol. The first-order valence-electron chi connectivity index (χ1n) is 7.89. The van der Waals surface area contributed by atoms with Gasteiger partial charge in [0, 0.05) is 31.6 Å². The molecule has 0 radical (unpaired) electrons. The van der Waals surface area contributed by atoms with Gasteiger partial charge in [0.05, 0.1) is 0 Å². The third-order valence-corrected chi connectivity index (χ3v) is 3.90. The molecular formula is C18H15F4N3O. The van der Waals surface area contributed by atoms with Crippen LogP contribution in [-0.2, 0) is 6.42 Å². The molecule has 136 valence electrons. The van der Waals surface area contributed by atoms with Gasteiger partial charge in [0.2, 0.25) is 11.6 Å². The van der Waals surface area contributed by atoms with Crippen molar-refractivity contribution in [3.05, 3.63) is 65.7 Å². The Labute approximate surface area is 147 Å². The Morgan fingerprint density at radius 1 is 1.00 bits per heavy atom. The second kappa shape index (κ2) is 7.55. The van der Waals surface area contributed by atoms with E-state index in [0.717, 1.165) is 10.5 Å². The number of benzene rings is 1. The average molecular weight is 365 g/mol. The normalized spacial score (nSPS) is 11.0. The minimum absolute atomic E-state index is 0.151. The molecule has 0 aliphatic heterocycles. The smallest absolute Gasteiger partial charge is 0.253 e. The van der Waals surface area contributed by atoms with Gasteiger partial charge in [-0.15, -0.1) is 0 Å². The van der Waals surface area contributed by atoms with Crippen LogP contribution >= 0.6 is 0 Å². The summed E-state index contributed by atoms with van der Waals surface area (Å²) in [6.45, 7) is 0.151. The number of pyridine rings is 1. The Kier molecular flexibility index (Phi) is 5.20. The summed E-state index contributed by atoms with van der Waals surface area (Å²) < 4.78 is 59.1. The van der Waals surface area contributed by atoms with Crippen LogP contribution in [0.1, 0.15) is 12.2 Å². The minimum atomic E-state index is -1.67. The van der Waals surface area contributed by atoms with Crippen LogP contribution in [-0.4, -0.2) is 23.7 Å². The predicted octanol–water partition coefficient (Wildman–Crippen LogP) is 4.36. The Morgan fingerprint density at radius 3 is 2.31 bits per heavy atom. The van der Waals surface area contributed by atoms with E-state index in [9.17, 15) is 17.6 Å². The highest BCUT2D eigenvalue weighted by Gasteiger charge is 2.23. The van der Waals surface area contributed by atoms with Gasteiger partial charge in [-0.2, -0.15) is 22.5 Å². The maximum Gasteiger partial charge on any atom is 0.253 e. The van der Waals surface area contributed by atoms with Gasteiger partial charge in [-0.05, 0) is 6.42 Å². The zero-order chi connectivity index (χ0) is 18.7. The molecule has 0 fully saturated rings. The van der Waals surface area contributed by atoms with Crippen LogP contribution in [0.15, 0.2) is 40.9 Å². The van der Waals surface area contributed by atoms with Gasteiger partial charge in [-0.3, -0.25) is 0 Å². The molecule has 0 aliphatic carbocycles. The molecule has 0 N–H and O–H groups in total. The van der Waals surface area contributed by atoms with E-state index in [1.807, 2.05) is 30.3 Å². The average Bonchev–Trinajstić information content (AvgIpc) is 3.10. The van der Waals surface area contributed by atoms with E-state index < -0.39 is 29.2 Å². The highest BCUT2D eigenvalue weighted by Crippen LogP contribution is 2.26. The van der Waals surface area contributed by atoms with E-state index in [1.54, 1.807) is 6.07 Å². The van der Waals surface area contributed by atoms with Crippen LogP contribution in [0.2, 0.25) is 0 Å². The van der Waals surface area contributed by atoms with Crippen molar-refractivity contribution in [3.8, 4) is 11.3 Å². The topological polar surface area (TPSA) is 42.2 Å². The van der Waals surface area contributed by atoms with Gasteiger partial charge in [0.15, 0.2) is 0 Å². The van der Waals surface area contributed by atoms with Gasteiger partial charge in [-0.1, -0.05) is 35.5 Å². The number of rotatable bonds is 6. The highest BCUT2D eigenvalue weighted by molar-refractivity contribution is 5.58. The lowest BCUT2D eigenvalue weighted by Crippen LogP contribution is -2.23. The molecule has 26 heavy (non-hydrogen) atoms. The summed E-state index contributed by atoms with van der Waals surface area (Å²) in [7, 11) is 1.34. The SMILES string of the molecule is CN(CCCc1cc(-c2ccccc2)no1)c1c(F)c(F)nc(F)c1F. The van der Waals surface area contributed by atoms with E-state index in [4.69, 9.17) is 4.52 Å². The Bertz CT molecular complexity index is 873. The standard InChI is InChI=1S/C18H15F4N3O/c1-25(16-14(19)17(21)23-18(22)15(16)20)9-5-8-12-10-13(24-26-12)11-6-3-2-4-7-11/h2-4,6-7,10H,5,8-9H2,1H3. The Balaban J connectivity index is 1.63. The zero-order valence-corrected chi connectivity index (χ0v) is 13.8. The maximum absolute atomic E-state index is 13.7. The molecule has 0 atom stereocenters. The van der Waals surface area contributed by atoms with Gasteiger partial charge < -0.3 is 9.42 Å². The lowest BCUT2D eigenvalue weighted by atomic mass is 10.1. The fraction of sp³-hybridized carbons (Fsp3) is 0.222. The van der Waals surface area contributed by atoms with Gasteiger partial charge in [0.25, 0.3) is 11.9 Å². The summed E-state index contributed by atoms with van der Waals surface area (Å²) in [5.74, 6) is -5.78. The number of aromatic nitrogens is 2. The monoisotopic (exact) mass is 365 g/mol. The van der Waals surface area contributed by atoms with Crippen molar-refractivity contribution < 1.29 is 22.1 Å². The van der Waals surface area contributed by atoms with Crippen molar-refractivity contribution in [1.29, 1.82) is 0 Å². The summed E-state index contributed by atoms with van der Waals surface area (Å²) in [4.78, 5) is 3.65. The number of nitrogens with zero attached hydrogens (tertiary/aromatic N) is 3. The van der Waals surface area contributed by atoms with Crippen molar-refractivity contribution in [1.82, 2.24) is 10.1 Å². The third kappa shape index (κ3) is 3.68. The lowest BCUT2D eigenvalue weighted by molar-refractivity contribution is 0.382. The summed E-state index contributed by atoms with van der Waals surface area (Å²) in [5, 5.41) is 3.98. The number of hydrogen-bond acceptors (Lipinski definition) is 4. The second-order valence-corrected chi connectivity index (χ2v) is 5.74. The van der Waals surface area contributed by atoms with Crippen LogP contribution in [0.25, 0.3) is 11.3 Å². The largest absolute Gasteiger partial charge is 0.370 e. The molecule has 2 heterocycles. The van der Waals surface area contributed by atoms with Crippen molar-refractivity contribution >= 4 is 5.69 Å². The summed E-state index contributed by atoms with van der Waals surface area (Å²) in [6.07, 6.45) is 0.883. The first kappa shape index (κ1) is 17.9. The number of halogens is 4. The highest BCUT2D eigenvalue weighted by atomic mass is 19.2. The van der Waals surface area contributed by atoms with Crippen LogP contribution in [0.5, 0.6) is 0 Å². The minimum Gasteiger partial charge on any atom is -0.370 e. The first-order chi connectivity index (χ1) is 12.5. The van der Waals surface area contributed by atoms with E-state index in [-0.39, 0.29) is 6.54 Å². The number of aryl methyl sites for hydroxylation is 1. The molecule has 1 aromatic carbocycles. The van der Waals surface area contributed by atoms with Crippen LogP contribution < -0.4 is 4.90 Å². The van der Waals surface area contributed by atoms with Crippen molar-refractivity contribution in [2.24, 2.45) is 0 Å². The fourth-order valence-electron chi connectivity index (χ4n) is 2.59. The van der Waals surface area contributed by atoms with Crippen LogP contribution in [0.3, 0.4) is 0 Å². The van der Waals surface area contributed by atoms with Gasteiger partial charge >= 0.3 is 0 Å². The molecule has 0 unspecified atom stereocenters. The zero-order valence-electron chi connectivity index (χ0n) is 13.8. The molecule has 8 heteroatoms. The van der Waals surface area contributed by atoms with Crippen molar-refractivity contribution in [2.45, 2.75) is 12.8 Å². The van der Waals surface area contributed by atoms with E-state index in [0.29, 0.717) is 24.3 Å². The Morgan fingerprint density at radius 2 is 1.65 bits per heavy atom. The second-order valence-electron chi connectivity index (χ2n) is 5.74. The molecule has 0 spiro atoms. The molecule has 0 saturated carbocycles. The molecule has 4 nitrogen and oxygen atoms in total. The molecule has 0 saturated heterocycles. The third-order valence-electron chi connectivity index (χ3n) is 3.90. The molecule has 0 amide bonds. The van der Waals surface area contributed by atoms with E-state index >= 15 is 0 Å². The molecule has 2 aromatic heterocycles. The maximum atomic E-state index is 13.7. The van der Waals surface area contributed by atoms with Gasteiger partial charge in [-0.25, -0.2) is 0 Å². The number of hydrogen-bond donors (Lipinski definition) is 0. The quantitative estimate of drug-likeness (QED) is 0.481. The van der Waals surface area contributed by atoms with Crippen LogP contribution in [0, 0.1) is 23.5 Å². The molecule has 3 aromatic rings. The lowest BCUT2D eigenvalue weighted by Gasteiger charge is -2.20. The van der Waals surface area contributed by atoms with E-state index in [2.05, 4.69) is 10.1 Å². The van der Waals surface area contributed by atoms with Crippen molar-refractivity contribution in [3.63, 3.8) is 0 Å². The molecule has 0 bridgehead atoms. The molecule has 3 rings (SSSR count). The fourth-order valence-corrected chi connectivity index (χ4v) is 2.59. The van der Waals surface area contributed by atoms with Gasteiger partial charge in [0.1, 0.15) is 17.1 Å². The number of anilines is 1. The predicted molar refractivity (Wildman–Crippen MR) is 87.6 cm³/mol. The molecule has 0 aliphatic rings. The summed E-state index contributed by atoms with van der Waals surface area (Å²) >= 11 is 0. The van der Waals surface area contributed by atoms with Crippen LogP contribution in [0.4, 0.5) is 23.2 Å². The first-order valence-corrected chi connectivity index (χ1v) is 7.89. The van der Waals surface area contributed by atoms with E-state index in [1.165, 1.54) is 7.05 Å². The summed E-state index contributed by atoms with van der Waals surface area (Å²) in [6, 6.07) is 11.2. The van der Waals surface area contributed by atoms with Crippen molar-refractivity contribution in [2.75, 3.05) is 18.5 Å². The summed E-state index contributed by atoms with van der Waals surface area (Å²) in [5.41, 5.74) is 0.813.